The minimum atomic E-state index is -4.15. The molecule has 0 unspecified atom stereocenters. The summed E-state index contributed by atoms with van der Waals surface area (Å²) in [6.07, 6.45) is 0. The van der Waals surface area contributed by atoms with Crippen LogP contribution in [0.3, 0.4) is 0 Å². The zero-order valence-electron chi connectivity index (χ0n) is 3.16. The Morgan fingerprint density at radius 1 is 1.50 bits per heavy atom. The molecular weight excluding hydrogens is 170 g/mol. The molecule has 4 nitrogen and oxygen atoms in total. The Bertz CT molecular complexity index is 80.1. The first-order chi connectivity index (χ1) is 2.56. The van der Waals surface area contributed by atoms with Crippen molar-refractivity contribution in [3.05, 3.63) is 0 Å². The van der Waals surface area contributed by atoms with Gasteiger partial charge in [0.2, 0.25) is 0 Å². The fraction of sp³-hybridized carbons (Fsp3) is 0. The topological polar surface area (TPSA) is 66.8 Å². The molecule has 0 fully saturated rings. The number of rotatable bonds is 1. The summed E-state index contributed by atoms with van der Waals surface area (Å²) in [5.41, 5.74) is 0. The van der Waals surface area contributed by atoms with Crippen molar-refractivity contribution in [2.75, 3.05) is 0 Å². The van der Waals surface area contributed by atoms with E-state index in [9.17, 15) is 4.57 Å². The summed E-state index contributed by atoms with van der Waals surface area (Å²) in [6.45, 7) is 0. The minimum Gasteiger partial charge on any atom is 0.316 e. The number of hydrogen-bond donors (Lipinski definition) is 2. The van der Waals surface area contributed by atoms with Gasteiger partial charge in [-0.05, 0) is 0 Å². The molecule has 0 heterocycles. The quantitative estimate of drug-likeness (QED) is 0.328. The largest absolute Gasteiger partial charge is 0.316 e. The molecule has 44 valence electrons. The standard InChI is InChI=1S/BH4O4P.Ca.Mg.4H/c1-5-6(2,3)4;;;;;;/h1H2,(H2,2,3,4);;;;;;. The molecule has 0 radical (unpaired) electrons. The van der Waals surface area contributed by atoms with Gasteiger partial charge in [-0.1, -0.05) is 0 Å². The van der Waals surface area contributed by atoms with E-state index in [4.69, 9.17) is 9.79 Å². The molecule has 0 saturated heterocycles. The van der Waals surface area contributed by atoms with Gasteiger partial charge in [0.1, 0.15) is 0 Å². The Morgan fingerprint density at radius 3 is 1.62 bits per heavy atom. The fourth-order valence-corrected chi connectivity index (χ4v) is 0. The van der Waals surface area contributed by atoms with Gasteiger partial charge in [0.15, 0.2) is 0 Å². The molecule has 0 saturated carbocycles. The third-order valence-electron chi connectivity index (χ3n) is 0.238. The van der Waals surface area contributed by atoms with Crippen molar-refractivity contribution in [3.63, 3.8) is 0 Å². The Balaban J connectivity index is -0.000000125. The number of hydrogen-bond acceptors (Lipinski definition) is 2. The van der Waals surface area contributed by atoms with Gasteiger partial charge < -0.3 is 14.2 Å². The molecular formula is H8BCaMgO4P. The maximum atomic E-state index is 9.47. The summed E-state index contributed by atoms with van der Waals surface area (Å²) in [6, 6.07) is 0. The Labute approximate surface area is 94.2 Å². The van der Waals surface area contributed by atoms with Gasteiger partial charge in [-0.2, -0.15) is 0 Å². The summed E-state index contributed by atoms with van der Waals surface area (Å²) >= 11 is 0. The Morgan fingerprint density at radius 2 is 1.62 bits per heavy atom. The molecule has 0 aliphatic rings. The average Bonchev–Trinajstić information content (AvgIpc) is 1.35. The van der Waals surface area contributed by atoms with Crippen molar-refractivity contribution < 1.29 is 18.8 Å². The monoisotopic (exact) mass is 178 g/mol. The zero-order valence-corrected chi connectivity index (χ0v) is 4.05. The van der Waals surface area contributed by atoms with Crippen LogP contribution in [0.25, 0.3) is 0 Å². The second-order valence-corrected chi connectivity index (χ2v) is 2.02. The first kappa shape index (κ1) is 16.7. The van der Waals surface area contributed by atoms with Crippen LogP contribution in [0.4, 0.5) is 0 Å². The van der Waals surface area contributed by atoms with Crippen molar-refractivity contribution in [2.24, 2.45) is 0 Å². The second kappa shape index (κ2) is 7.31. The van der Waals surface area contributed by atoms with E-state index in [-0.39, 0.29) is 60.8 Å². The van der Waals surface area contributed by atoms with Crippen molar-refractivity contribution in [2.45, 2.75) is 0 Å². The smallest absolute Gasteiger partial charge is 0.316 e. The molecule has 0 amide bonds. The van der Waals surface area contributed by atoms with E-state index in [0.717, 1.165) is 8.05 Å². The molecule has 0 aromatic carbocycles. The third kappa shape index (κ3) is 15.7. The summed E-state index contributed by atoms with van der Waals surface area (Å²) in [5, 5.41) is 0. The zero-order chi connectivity index (χ0) is 5.21. The van der Waals surface area contributed by atoms with Crippen LogP contribution in [0.15, 0.2) is 0 Å². The third-order valence-corrected chi connectivity index (χ3v) is 0.714. The molecule has 8 heavy (non-hydrogen) atoms. The SMILES string of the molecule is BOP(=O)(O)O.[CaH2].[MgH2]. The first-order valence-electron chi connectivity index (χ1n) is 1.17. The van der Waals surface area contributed by atoms with Crippen molar-refractivity contribution >= 4 is 76.7 Å². The molecule has 0 atom stereocenters. The normalized spacial score (nSPS) is 8.75. The maximum Gasteiger partial charge on any atom is 0.316 e. The molecule has 0 aliphatic heterocycles. The molecule has 0 spiro atoms. The van der Waals surface area contributed by atoms with Crippen LogP contribution in [0, 0.1) is 0 Å². The van der Waals surface area contributed by atoms with Gasteiger partial charge in [-0.3, -0.25) is 0 Å². The molecule has 2 N–H and O–H groups in total. The Kier molecular flexibility index (Phi) is 15.2. The van der Waals surface area contributed by atoms with Gasteiger partial charge in [0.05, 0.1) is 0 Å². The second-order valence-electron chi connectivity index (χ2n) is 0.673. The van der Waals surface area contributed by atoms with E-state index >= 15 is 0 Å². The minimum absolute atomic E-state index is 0. The van der Waals surface area contributed by atoms with E-state index in [2.05, 4.69) is 4.44 Å². The van der Waals surface area contributed by atoms with E-state index < -0.39 is 7.82 Å². The van der Waals surface area contributed by atoms with Gasteiger partial charge in [-0.25, -0.2) is 4.57 Å². The van der Waals surface area contributed by atoms with Crippen LogP contribution in [-0.2, 0) is 9.01 Å². The van der Waals surface area contributed by atoms with E-state index in [0.29, 0.717) is 0 Å². The van der Waals surface area contributed by atoms with Gasteiger partial charge in [0, 0.05) is 0 Å². The van der Waals surface area contributed by atoms with E-state index in [1.54, 1.807) is 0 Å². The van der Waals surface area contributed by atoms with Crippen LogP contribution in [-0.4, -0.2) is 78.6 Å². The summed E-state index contributed by atoms with van der Waals surface area (Å²) in [5.74, 6) is 0. The van der Waals surface area contributed by atoms with Crippen molar-refractivity contribution in [3.8, 4) is 0 Å². The Hall–Kier alpha value is 2.20. The van der Waals surface area contributed by atoms with Crippen molar-refractivity contribution in [1.29, 1.82) is 0 Å². The molecule has 0 aliphatic carbocycles. The predicted octanol–water partition coefficient (Wildman–Crippen LogP) is -3.19. The van der Waals surface area contributed by atoms with Crippen LogP contribution < -0.4 is 0 Å². The average molecular weight is 178 g/mol. The van der Waals surface area contributed by atoms with E-state index in [1.165, 1.54) is 0 Å². The van der Waals surface area contributed by atoms with Crippen LogP contribution >= 0.6 is 7.82 Å². The summed E-state index contributed by atoms with van der Waals surface area (Å²) in [4.78, 5) is 15.4. The summed E-state index contributed by atoms with van der Waals surface area (Å²) < 4.78 is 13.1. The molecule has 0 bridgehead atoms. The van der Waals surface area contributed by atoms with Crippen LogP contribution in [0.2, 0.25) is 0 Å². The molecule has 8 heteroatoms. The van der Waals surface area contributed by atoms with Gasteiger partial charge in [0.25, 0.3) is 8.05 Å². The van der Waals surface area contributed by atoms with Crippen LogP contribution in [0.1, 0.15) is 0 Å². The molecule has 0 aromatic heterocycles. The first-order valence-corrected chi connectivity index (χ1v) is 2.70. The summed E-state index contributed by atoms with van der Waals surface area (Å²) in [7, 11) is -3.20. The number of phosphoric acid groups is 1. The van der Waals surface area contributed by atoms with Crippen LogP contribution in [0.5, 0.6) is 0 Å². The van der Waals surface area contributed by atoms with Gasteiger partial charge in [-0.15, -0.1) is 0 Å². The van der Waals surface area contributed by atoms with Crippen molar-refractivity contribution in [1.82, 2.24) is 0 Å². The predicted molar refractivity (Wildman–Crippen MR) is 38.8 cm³/mol. The molecule has 0 aromatic rings. The van der Waals surface area contributed by atoms with E-state index in [1.807, 2.05) is 0 Å². The fourth-order valence-electron chi connectivity index (χ4n) is 0. The van der Waals surface area contributed by atoms with Gasteiger partial charge >= 0.3 is 68.6 Å². The maximum absolute atomic E-state index is 9.47. The molecule has 0 rings (SSSR count).